The molecule has 4 nitrogen and oxygen atoms in total. The summed E-state index contributed by atoms with van der Waals surface area (Å²) >= 11 is 1.74. The third-order valence-electron chi connectivity index (χ3n) is 3.40. The molecule has 2 unspecified atom stereocenters. The second-order valence-electron chi connectivity index (χ2n) is 5.43. The van der Waals surface area contributed by atoms with E-state index >= 15 is 0 Å². The number of ether oxygens (including phenoxy) is 1. The van der Waals surface area contributed by atoms with Crippen LogP contribution in [0.2, 0.25) is 0 Å². The van der Waals surface area contributed by atoms with Crippen LogP contribution in [0.1, 0.15) is 33.6 Å². The number of hydrogen-bond acceptors (Lipinski definition) is 4. The van der Waals surface area contributed by atoms with Crippen LogP contribution in [0.25, 0.3) is 0 Å². The molecule has 0 fully saturated rings. The van der Waals surface area contributed by atoms with Crippen molar-refractivity contribution < 1.29 is 9.53 Å². The SMILES string of the molecule is CCCNC(C)(CC(C)Sc1ccc(OC)cc1)C(N)=O. The molecule has 5 heteroatoms. The Labute approximate surface area is 131 Å². The van der Waals surface area contributed by atoms with Crippen LogP contribution < -0.4 is 15.8 Å². The number of benzene rings is 1. The van der Waals surface area contributed by atoms with Gasteiger partial charge in [-0.05, 0) is 50.6 Å². The number of thioether (sulfide) groups is 1. The van der Waals surface area contributed by atoms with Crippen molar-refractivity contribution in [1.82, 2.24) is 5.32 Å². The first-order valence-electron chi connectivity index (χ1n) is 7.27. The second-order valence-corrected chi connectivity index (χ2v) is 6.94. The number of carbonyl (C=O) groups excluding carboxylic acids is 1. The molecular formula is C16H26N2O2S. The quantitative estimate of drug-likeness (QED) is 0.688. The van der Waals surface area contributed by atoms with Crippen molar-refractivity contribution in [2.75, 3.05) is 13.7 Å². The van der Waals surface area contributed by atoms with Crippen LogP contribution in [-0.4, -0.2) is 30.4 Å². The standard InChI is InChI=1S/C16H26N2O2S/c1-5-10-18-16(3,15(17)19)11-12(2)21-14-8-6-13(20-4)7-9-14/h6-9,12,18H,5,10-11H2,1-4H3,(H2,17,19). The first-order valence-corrected chi connectivity index (χ1v) is 8.15. The van der Waals surface area contributed by atoms with Gasteiger partial charge in [-0.2, -0.15) is 0 Å². The maximum absolute atomic E-state index is 11.7. The van der Waals surface area contributed by atoms with Crippen molar-refractivity contribution in [2.24, 2.45) is 5.73 Å². The van der Waals surface area contributed by atoms with Gasteiger partial charge in [0.25, 0.3) is 0 Å². The van der Waals surface area contributed by atoms with Gasteiger partial charge in [0.05, 0.1) is 12.6 Å². The van der Waals surface area contributed by atoms with Gasteiger partial charge in [0.1, 0.15) is 5.75 Å². The Morgan fingerprint density at radius 1 is 1.43 bits per heavy atom. The highest BCUT2D eigenvalue weighted by Crippen LogP contribution is 2.29. The van der Waals surface area contributed by atoms with Crippen LogP contribution in [0.15, 0.2) is 29.2 Å². The van der Waals surface area contributed by atoms with Gasteiger partial charge in [-0.1, -0.05) is 13.8 Å². The molecule has 118 valence electrons. The molecule has 0 radical (unpaired) electrons. The van der Waals surface area contributed by atoms with Crippen molar-refractivity contribution in [3.8, 4) is 5.75 Å². The molecule has 21 heavy (non-hydrogen) atoms. The van der Waals surface area contributed by atoms with Crippen LogP contribution >= 0.6 is 11.8 Å². The largest absolute Gasteiger partial charge is 0.497 e. The van der Waals surface area contributed by atoms with Crippen LogP contribution in [0.3, 0.4) is 0 Å². The minimum absolute atomic E-state index is 0.278. The Bertz CT molecular complexity index is 450. The summed E-state index contributed by atoms with van der Waals surface area (Å²) in [4.78, 5) is 12.9. The lowest BCUT2D eigenvalue weighted by atomic mass is 9.95. The lowest BCUT2D eigenvalue weighted by Gasteiger charge is -2.30. The van der Waals surface area contributed by atoms with Gasteiger partial charge in [0.2, 0.25) is 5.91 Å². The molecular weight excluding hydrogens is 284 g/mol. The van der Waals surface area contributed by atoms with Gasteiger partial charge in [-0.25, -0.2) is 0 Å². The van der Waals surface area contributed by atoms with Crippen LogP contribution in [0, 0.1) is 0 Å². The summed E-state index contributed by atoms with van der Waals surface area (Å²) in [6, 6.07) is 7.94. The number of nitrogens with one attached hydrogen (secondary N) is 1. The molecule has 0 bridgehead atoms. The predicted molar refractivity (Wildman–Crippen MR) is 88.8 cm³/mol. The van der Waals surface area contributed by atoms with Crippen LogP contribution in [0.5, 0.6) is 5.75 Å². The molecule has 3 N–H and O–H groups in total. The predicted octanol–water partition coefficient (Wildman–Crippen LogP) is 2.81. The fourth-order valence-corrected chi connectivity index (χ4v) is 3.34. The molecule has 0 spiro atoms. The molecule has 0 aliphatic heterocycles. The van der Waals surface area contributed by atoms with Crippen LogP contribution in [-0.2, 0) is 4.79 Å². The van der Waals surface area contributed by atoms with Crippen molar-refractivity contribution in [3.05, 3.63) is 24.3 Å². The van der Waals surface area contributed by atoms with E-state index in [0.29, 0.717) is 6.42 Å². The van der Waals surface area contributed by atoms with Crippen LogP contribution in [0.4, 0.5) is 0 Å². The minimum atomic E-state index is -0.658. The van der Waals surface area contributed by atoms with E-state index in [0.717, 1.165) is 23.6 Å². The monoisotopic (exact) mass is 310 g/mol. The highest BCUT2D eigenvalue weighted by Gasteiger charge is 2.32. The van der Waals surface area contributed by atoms with E-state index in [4.69, 9.17) is 10.5 Å². The summed E-state index contributed by atoms with van der Waals surface area (Å²) in [5.41, 5.74) is 4.91. The fraction of sp³-hybridized carbons (Fsp3) is 0.562. The van der Waals surface area contributed by atoms with E-state index in [1.807, 2.05) is 31.2 Å². The average Bonchev–Trinajstić information content (AvgIpc) is 2.45. The van der Waals surface area contributed by atoms with E-state index in [2.05, 4.69) is 19.2 Å². The Morgan fingerprint density at radius 3 is 2.52 bits per heavy atom. The maximum Gasteiger partial charge on any atom is 0.237 e. The van der Waals surface area contributed by atoms with E-state index in [1.165, 1.54) is 0 Å². The molecule has 1 amide bonds. The maximum atomic E-state index is 11.7. The number of nitrogens with two attached hydrogens (primary N) is 1. The molecule has 1 aromatic rings. The lowest BCUT2D eigenvalue weighted by Crippen LogP contribution is -2.54. The zero-order chi connectivity index (χ0) is 15.9. The van der Waals surface area contributed by atoms with E-state index in [9.17, 15) is 4.79 Å². The number of amides is 1. The Balaban J connectivity index is 2.64. The summed E-state index contributed by atoms with van der Waals surface area (Å²) in [5.74, 6) is 0.553. The lowest BCUT2D eigenvalue weighted by molar-refractivity contribution is -0.124. The minimum Gasteiger partial charge on any atom is -0.497 e. The molecule has 2 atom stereocenters. The van der Waals surface area contributed by atoms with Gasteiger partial charge >= 0.3 is 0 Å². The van der Waals surface area contributed by atoms with Gasteiger partial charge in [0.15, 0.2) is 0 Å². The highest BCUT2D eigenvalue weighted by molar-refractivity contribution is 7.99. The molecule has 0 aromatic heterocycles. The van der Waals surface area contributed by atoms with Crippen molar-refractivity contribution in [1.29, 1.82) is 0 Å². The Morgan fingerprint density at radius 2 is 2.05 bits per heavy atom. The third-order valence-corrected chi connectivity index (χ3v) is 4.51. The normalized spacial score (nSPS) is 15.2. The third kappa shape index (κ3) is 5.59. The summed E-state index contributed by atoms with van der Waals surface area (Å²) in [6.07, 6.45) is 1.67. The van der Waals surface area contributed by atoms with Crippen molar-refractivity contribution in [3.63, 3.8) is 0 Å². The van der Waals surface area contributed by atoms with Gasteiger partial charge in [-0.3, -0.25) is 4.79 Å². The van der Waals surface area contributed by atoms with E-state index < -0.39 is 5.54 Å². The number of hydrogen-bond donors (Lipinski definition) is 2. The smallest absolute Gasteiger partial charge is 0.237 e. The summed E-state index contributed by atoms with van der Waals surface area (Å²) in [5, 5.41) is 3.55. The van der Waals surface area contributed by atoms with Crippen molar-refractivity contribution in [2.45, 2.75) is 49.3 Å². The summed E-state index contributed by atoms with van der Waals surface area (Å²) in [6.45, 7) is 6.86. The van der Waals surface area contributed by atoms with E-state index in [1.54, 1.807) is 18.9 Å². The first kappa shape index (κ1) is 17.9. The van der Waals surface area contributed by atoms with E-state index in [-0.39, 0.29) is 11.2 Å². The molecule has 0 heterocycles. The summed E-state index contributed by atoms with van der Waals surface area (Å²) < 4.78 is 5.15. The molecule has 0 saturated heterocycles. The number of primary amides is 1. The second kappa shape index (κ2) is 8.29. The highest BCUT2D eigenvalue weighted by atomic mass is 32.2. The number of carbonyl (C=O) groups is 1. The molecule has 0 saturated carbocycles. The molecule has 0 aliphatic rings. The molecule has 0 aliphatic carbocycles. The topological polar surface area (TPSA) is 64.3 Å². The van der Waals surface area contributed by atoms with Gasteiger partial charge in [0, 0.05) is 10.1 Å². The van der Waals surface area contributed by atoms with Gasteiger partial charge in [-0.15, -0.1) is 11.8 Å². The number of methoxy groups -OCH3 is 1. The zero-order valence-corrected chi connectivity index (χ0v) is 14.1. The summed E-state index contributed by atoms with van der Waals surface area (Å²) in [7, 11) is 1.66. The van der Waals surface area contributed by atoms with Gasteiger partial charge < -0.3 is 15.8 Å². The van der Waals surface area contributed by atoms with Crippen molar-refractivity contribution >= 4 is 17.7 Å². The fourth-order valence-electron chi connectivity index (χ4n) is 2.16. The molecule has 1 aromatic carbocycles. The Kier molecular flexibility index (Phi) is 7.05. The molecule has 1 rings (SSSR count). The zero-order valence-electron chi connectivity index (χ0n) is 13.3. The first-order chi connectivity index (χ1) is 9.91. The average molecular weight is 310 g/mol. The number of rotatable bonds is 9. The Hall–Kier alpha value is -1.20.